The van der Waals surface area contributed by atoms with Crippen molar-refractivity contribution in [3.63, 3.8) is 0 Å². The molecule has 1 unspecified atom stereocenters. The largest absolute Gasteiger partial charge is 0.340 e. The number of anilines is 1. The van der Waals surface area contributed by atoms with Gasteiger partial charge in [0.15, 0.2) is 0 Å². The molecule has 0 fully saturated rings. The maximum Gasteiger partial charge on any atom is 0.251 e. The summed E-state index contributed by atoms with van der Waals surface area (Å²) < 4.78 is 22.5. The van der Waals surface area contributed by atoms with Crippen molar-refractivity contribution >= 4 is 39.1 Å². The van der Waals surface area contributed by atoms with Crippen LogP contribution >= 0.6 is 11.6 Å². The molecular weight excluding hydrogens is 450 g/mol. The average Bonchev–Trinajstić information content (AvgIpc) is 2.75. The predicted octanol–water partition coefficient (Wildman–Crippen LogP) is 3.11. The van der Waals surface area contributed by atoms with E-state index in [0.717, 1.165) is 5.56 Å². The first-order valence-corrected chi connectivity index (χ1v) is 11.8. The SMILES string of the molecule is NS(=O)(=O)Cc1ccc(NC(=O)C(Cc2ccccc2)NC(=O)c2ccc(Cl)cc2)cc1. The van der Waals surface area contributed by atoms with Crippen LogP contribution in [0.1, 0.15) is 21.5 Å². The highest BCUT2D eigenvalue weighted by Gasteiger charge is 2.22. The Bertz CT molecular complexity index is 1180. The van der Waals surface area contributed by atoms with E-state index in [1.165, 1.54) is 0 Å². The van der Waals surface area contributed by atoms with Crippen LogP contribution in [0.2, 0.25) is 5.02 Å². The molecule has 3 aromatic carbocycles. The molecule has 0 bridgehead atoms. The number of rotatable bonds is 8. The Hall–Kier alpha value is -3.20. The highest BCUT2D eigenvalue weighted by Crippen LogP contribution is 2.14. The van der Waals surface area contributed by atoms with Crippen LogP contribution in [-0.2, 0) is 27.0 Å². The number of halogens is 1. The van der Waals surface area contributed by atoms with Crippen molar-refractivity contribution in [3.8, 4) is 0 Å². The minimum atomic E-state index is -3.65. The van der Waals surface area contributed by atoms with Gasteiger partial charge in [0, 0.05) is 22.7 Å². The molecule has 4 N–H and O–H groups in total. The molecule has 0 aliphatic carbocycles. The zero-order chi connectivity index (χ0) is 23.1. The first-order valence-electron chi connectivity index (χ1n) is 9.70. The van der Waals surface area contributed by atoms with Crippen LogP contribution in [0, 0.1) is 0 Å². The van der Waals surface area contributed by atoms with Crippen LogP contribution in [0.5, 0.6) is 0 Å². The summed E-state index contributed by atoms with van der Waals surface area (Å²) >= 11 is 5.88. The van der Waals surface area contributed by atoms with Crippen LogP contribution < -0.4 is 15.8 Å². The minimum absolute atomic E-state index is 0.287. The molecule has 0 radical (unpaired) electrons. The van der Waals surface area contributed by atoms with Gasteiger partial charge in [-0.25, -0.2) is 13.6 Å². The van der Waals surface area contributed by atoms with E-state index in [0.29, 0.717) is 21.8 Å². The third kappa shape index (κ3) is 7.19. The molecule has 1 atom stereocenters. The maximum atomic E-state index is 13.0. The Morgan fingerprint density at radius 1 is 0.875 bits per heavy atom. The third-order valence-corrected chi connectivity index (χ3v) is 5.59. The Morgan fingerprint density at radius 2 is 1.50 bits per heavy atom. The third-order valence-electron chi connectivity index (χ3n) is 4.60. The zero-order valence-electron chi connectivity index (χ0n) is 17.0. The van der Waals surface area contributed by atoms with E-state index in [9.17, 15) is 18.0 Å². The fourth-order valence-electron chi connectivity index (χ4n) is 3.05. The van der Waals surface area contributed by atoms with E-state index >= 15 is 0 Å². The van der Waals surface area contributed by atoms with Gasteiger partial charge in [-0.2, -0.15) is 0 Å². The summed E-state index contributed by atoms with van der Waals surface area (Å²) in [4.78, 5) is 25.7. The van der Waals surface area contributed by atoms with Crippen LogP contribution in [0.15, 0.2) is 78.9 Å². The lowest BCUT2D eigenvalue weighted by atomic mass is 10.0. The smallest absolute Gasteiger partial charge is 0.251 e. The molecule has 0 aromatic heterocycles. The maximum absolute atomic E-state index is 13.0. The van der Waals surface area contributed by atoms with Gasteiger partial charge in [0.1, 0.15) is 6.04 Å². The molecule has 9 heteroatoms. The number of carbonyl (C=O) groups is 2. The summed E-state index contributed by atoms with van der Waals surface area (Å²) in [6.45, 7) is 0. The number of nitrogens with one attached hydrogen (secondary N) is 2. The average molecular weight is 472 g/mol. The lowest BCUT2D eigenvalue weighted by molar-refractivity contribution is -0.118. The van der Waals surface area contributed by atoms with E-state index in [2.05, 4.69) is 10.6 Å². The number of hydrogen-bond donors (Lipinski definition) is 3. The second-order valence-electron chi connectivity index (χ2n) is 7.22. The number of carbonyl (C=O) groups excluding carboxylic acids is 2. The van der Waals surface area contributed by atoms with Gasteiger partial charge in [-0.1, -0.05) is 54.1 Å². The van der Waals surface area contributed by atoms with Crippen LogP contribution in [0.25, 0.3) is 0 Å². The quantitative estimate of drug-likeness (QED) is 0.467. The monoisotopic (exact) mass is 471 g/mol. The molecule has 0 aliphatic rings. The number of benzene rings is 3. The van der Waals surface area contributed by atoms with Crippen molar-refractivity contribution in [1.29, 1.82) is 0 Å². The summed E-state index contributed by atoms with van der Waals surface area (Å²) in [6, 6.07) is 21.2. The number of primary sulfonamides is 1. The highest BCUT2D eigenvalue weighted by molar-refractivity contribution is 7.88. The molecule has 3 aromatic rings. The number of hydrogen-bond acceptors (Lipinski definition) is 4. The van der Waals surface area contributed by atoms with Gasteiger partial charge in [0.05, 0.1) is 5.75 Å². The molecule has 2 amide bonds. The molecule has 0 saturated carbocycles. The molecular formula is C23H22ClN3O4S. The van der Waals surface area contributed by atoms with Crippen molar-refractivity contribution in [2.24, 2.45) is 5.14 Å². The van der Waals surface area contributed by atoms with Crippen LogP contribution in [-0.4, -0.2) is 26.3 Å². The van der Waals surface area contributed by atoms with E-state index in [-0.39, 0.29) is 12.2 Å². The predicted molar refractivity (Wildman–Crippen MR) is 125 cm³/mol. The summed E-state index contributed by atoms with van der Waals surface area (Å²) in [6.07, 6.45) is 0.287. The topological polar surface area (TPSA) is 118 Å². The Labute approximate surface area is 191 Å². The minimum Gasteiger partial charge on any atom is -0.340 e. The van der Waals surface area contributed by atoms with Gasteiger partial charge >= 0.3 is 0 Å². The van der Waals surface area contributed by atoms with Crippen molar-refractivity contribution < 1.29 is 18.0 Å². The lowest BCUT2D eigenvalue weighted by Gasteiger charge is -2.19. The van der Waals surface area contributed by atoms with Crippen LogP contribution in [0.3, 0.4) is 0 Å². The standard InChI is InChI=1S/C23H22ClN3O4S/c24-19-10-8-18(9-11-19)22(28)27-21(14-16-4-2-1-3-5-16)23(29)26-20-12-6-17(7-13-20)15-32(25,30)31/h1-13,21H,14-15H2,(H,26,29)(H,27,28)(H2,25,30,31). The zero-order valence-corrected chi connectivity index (χ0v) is 18.6. The number of amides is 2. The Balaban J connectivity index is 1.75. The second kappa shape index (κ2) is 10.4. The number of sulfonamides is 1. The molecule has 32 heavy (non-hydrogen) atoms. The first-order chi connectivity index (χ1) is 15.2. The van der Waals surface area contributed by atoms with Gasteiger partial charge in [-0.15, -0.1) is 0 Å². The second-order valence-corrected chi connectivity index (χ2v) is 9.27. The van der Waals surface area contributed by atoms with E-state index in [1.807, 2.05) is 30.3 Å². The molecule has 166 valence electrons. The van der Waals surface area contributed by atoms with Gasteiger partial charge < -0.3 is 10.6 Å². The molecule has 0 saturated heterocycles. The first kappa shape index (κ1) is 23.5. The van der Waals surface area contributed by atoms with Crippen molar-refractivity contribution in [2.45, 2.75) is 18.2 Å². The van der Waals surface area contributed by atoms with Crippen molar-refractivity contribution in [3.05, 3.63) is 101 Å². The van der Waals surface area contributed by atoms with Crippen LogP contribution in [0.4, 0.5) is 5.69 Å². The highest BCUT2D eigenvalue weighted by atomic mass is 35.5. The molecule has 0 spiro atoms. The van der Waals surface area contributed by atoms with Gasteiger partial charge in [0.2, 0.25) is 15.9 Å². The lowest BCUT2D eigenvalue weighted by Crippen LogP contribution is -2.45. The van der Waals surface area contributed by atoms with Gasteiger partial charge in [0.25, 0.3) is 5.91 Å². The summed E-state index contributed by atoms with van der Waals surface area (Å²) in [5.41, 5.74) is 2.23. The van der Waals surface area contributed by atoms with E-state index in [4.69, 9.17) is 16.7 Å². The summed E-state index contributed by atoms with van der Waals surface area (Å²) in [7, 11) is -3.65. The Kier molecular flexibility index (Phi) is 7.63. The fourth-order valence-corrected chi connectivity index (χ4v) is 3.83. The summed E-state index contributed by atoms with van der Waals surface area (Å²) in [5, 5.41) is 11.1. The van der Waals surface area contributed by atoms with Crippen molar-refractivity contribution in [1.82, 2.24) is 5.32 Å². The van der Waals surface area contributed by atoms with E-state index < -0.39 is 27.9 Å². The Morgan fingerprint density at radius 3 is 2.09 bits per heavy atom. The van der Waals surface area contributed by atoms with E-state index in [1.54, 1.807) is 48.5 Å². The number of nitrogens with two attached hydrogens (primary N) is 1. The molecule has 3 rings (SSSR count). The van der Waals surface area contributed by atoms with Crippen molar-refractivity contribution in [2.75, 3.05) is 5.32 Å². The molecule has 0 aliphatic heterocycles. The molecule has 7 nitrogen and oxygen atoms in total. The van der Waals surface area contributed by atoms with Gasteiger partial charge in [-0.3, -0.25) is 9.59 Å². The summed E-state index contributed by atoms with van der Waals surface area (Å²) in [5.74, 6) is -1.11. The van der Waals surface area contributed by atoms with Gasteiger partial charge in [-0.05, 0) is 47.5 Å². The molecule has 0 heterocycles. The fraction of sp³-hybridized carbons (Fsp3) is 0.130. The normalized spacial score (nSPS) is 12.1.